The number of hydrogen-bond donors (Lipinski definition) is 1. The molecule has 0 aliphatic carbocycles. The predicted molar refractivity (Wildman–Crippen MR) is 105 cm³/mol. The van der Waals surface area contributed by atoms with Crippen LogP contribution >= 0.6 is 11.6 Å². The number of fused-ring (bicyclic) bond motifs is 1. The van der Waals surface area contributed by atoms with E-state index < -0.39 is 11.8 Å². The van der Waals surface area contributed by atoms with E-state index in [2.05, 4.69) is 15.1 Å². The summed E-state index contributed by atoms with van der Waals surface area (Å²) in [5.41, 5.74) is 1.75. The zero-order chi connectivity index (χ0) is 20.5. The predicted octanol–water partition coefficient (Wildman–Crippen LogP) is 4.04. The second-order valence-corrected chi connectivity index (χ2v) is 6.70. The summed E-state index contributed by atoms with van der Waals surface area (Å²) in [6, 6.07) is 7.53. The number of aromatic carboxylic acids is 1. The number of hydrogen-bond acceptors (Lipinski definition) is 5. The van der Waals surface area contributed by atoms with E-state index in [1.807, 2.05) is 0 Å². The first-order chi connectivity index (χ1) is 14.0. The lowest BCUT2D eigenvalue weighted by molar-refractivity contribution is 0.0698. The highest BCUT2D eigenvalue weighted by atomic mass is 35.5. The molecule has 0 atom stereocenters. The molecule has 146 valence electrons. The minimum absolute atomic E-state index is 0.0660. The van der Waals surface area contributed by atoms with Gasteiger partial charge in [-0.3, -0.25) is 4.68 Å². The molecule has 0 radical (unpaired) electrons. The Morgan fingerprint density at radius 2 is 1.97 bits per heavy atom. The van der Waals surface area contributed by atoms with Crippen molar-refractivity contribution >= 4 is 28.5 Å². The van der Waals surface area contributed by atoms with Gasteiger partial charge in [0.15, 0.2) is 17.4 Å². The monoisotopic (exact) mass is 412 g/mol. The average Bonchev–Trinajstić information content (AvgIpc) is 3.10. The van der Waals surface area contributed by atoms with Crippen LogP contribution in [0.15, 0.2) is 48.9 Å². The van der Waals surface area contributed by atoms with Gasteiger partial charge in [0.05, 0.1) is 30.9 Å². The summed E-state index contributed by atoms with van der Waals surface area (Å²) in [4.78, 5) is 20.1. The van der Waals surface area contributed by atoms with Crippen molar-refractivity contribution in [1.82, 2.24) is 19.7 Å². The third-order valence-electron chi connectivity index (χ3n) is 4.38. The first-order valence-corrected chi connectivity index (χ1v) is 8.87. The number of rotatable bonds is 5. The summed E-state index contributed by atoms with van der Waals surface area (Å²) >= 11 is 5.99. The average molecular weight is 413 g/mol. The van der Waals surface area contributed by atoms with E-state index in [1.165, 1.54) is 25.3 Å². The van der Waals surface area contributed by atoms with E-state index in [4.69, 9.17) is 16.3 Å². The summed E-state index contributed by atoms with van der Waals surface area (Å²) in [6.07, 6.45) is 4.74. The van der Waals surface area contributed by atoms with Crippen molar-refractivity contribution in [3.05, 3.63) is 70.9 Å². The second-order valence-electron chi connectivity index (χ2n) is 6.26. The van der Waals surface area contributed by atoms with Gasteiger partial charge in [0.2, 0.25) is 0 Å². The topological polar surface area (TPSA) is 90.1 Å². The Kier molecular flexibility index (Phi) is 4.85. The van der Waals surface area contributed by atoms with E-state index in [0.717, 1.165) is 0 Å². The fraction of sp³-hybridized carbons (Fsp3) is 0.100. The molecule has 7 nitrogen and oxygen atoms in total. The van der Waals surface area contributed by atoms with Crippen molar-refractivity contribution < 1.29 is 19.0 Å². The Hall–Kier alpha value is -3.52. The molecule has 0 unspecified atom stereocenters. The normalized spacial score (nSPS) is 11.0. The van der Waals surface area contributed by atoms with Gasteiger partial charge in [0.25, 0.3) is 0 Å². The minimum Gasteiger partial charge on any atom is -0.494 e. The summed E-state index contributed by atoms with van der Waals surface area (Å²) < 4.78 is 20.4. The first kappa shape index (κ1) is 18.8. The van der Waals surface area contributed by atoms with Crippen LogP contribution in [-0.4, -0.2) is 37.9 Å². The molecule has 0 saturated carbocycles. The van der Waals surface area contributed by atoms with Crippen LogP contribution in [0.25, 0.3) is 22.3 Å². The Bertz CT molecular complexity index is 1220. The minimum atomic E-state index is -1.09. The fourth-order valence-corrected chi connectivity index (χ4v) is 3.27. The molecule has 4 aromatic rings. The molecule has 0 saturated heterocycles. The molecule has 0 spiro atoms. The lowest BCUT2D eigenvalue weighted by atomic mass is 10.1. The smallest absolute Gasteiger partial charge is 0.337 e. The molecule has 2 heterocycles. The van der Waals surface area contributed by atoms with Crippen molar-refractivity contribution in [2.24, 2.45) is 0 Å². The van der Waals surface area contributed by atoms with Crippen LogP contribution in [0.4, 0.5) is 4.39 Å². The highest BCUT2D eigenvalue weighted by Gasteiger charge is 2.16. The van der Waals surface area contributed by atoms with Crippen LogP contribution < -0.4 is 4.74 Å². The van der Waals surface area contributed by atoms with Crippen LogP contribution in [0.5, 0.6) is 5.75 Å². The SMILES string of the molecule is COc1ccc(-c2ncc(Cn3ncc4cc(Cl)cc(C(=O)O)c43)cn2)cc1F. The van der Waals surface area contributed by atoms with Gasteiger partial charge in [-0.2, -0.15) is 5.10 Å². The number of benzene rings is 2. The molecule has 0 aliphatic rings. The third kappa shape index (κ3) is 3.62. The van der Waals surface area contributed by atoms with Crippen LogP contribution in [0.3, 0.4) is 0 Å². The number of carboxylic acid groups (broad SMARTS) is 1. The van der Waals surface area contributed by atoms with Gasteiger partial charge in [-0.15, -0.1) is 0 Å². The quantitative estimate of drug-likeness (QED) is 0.532. The number of carboxylic acids is 1. The number of nitrogens with zero attached hydrogens (tertiary/aromatic N) is 4. The standard InChI is InChI=1S/C20H14ClFN4O3/c1-29-17-3-2-12(5-16(17)22)19-23-7-11(8-24-19)10-26-18-13(9-25-26)4-14(21)6-15(18)20(27)28/h2-9H,10H2,1H3,(H,27,28). The summed E-state index contributed by atoms with van der Waals surface area (Å²) in [5.74, 6) is -1.09. The molecular weight excluding hydrogens is 399 g/mol. The number of halogens is 2. The molecule has 0 fully saturated rings. The zero-order valence-corrected chi connectivity index (χ0v) is 15.9. The van der Waals surface area contributed by atoms with Gasteiger partial charge < -0.3 is 9.84 Å². The van der Waals surface area contributed by atoms with E-state index in [-0.39, 0.29) is 17.9 Å². The van der Waals surface area contributed by atoms with Gasteiger partial charge in [0, 0.05) is 33.9 Å². The van der Waals surface area contributed by atoms with Crippen LogP contribution in [-0.2, 0) is 6.54 Å². The van der Waals surface area contributed by atoms with Crippen LogP contribution in [0, 0.1) is 5.82 Å². The zero-order valence-electron chi connectivity index (χ0n) is 15.1. The van der Waals surface area contributed by atoms with Crippen molar-refractivity contribution in [3.63, 3.8) is 0 Å². The van der Waals surface area contributed by atoms with E-state index in [9.17, 15) is 14.3 Å². The van der Waals surface area contributed by atoms with Crippen molar-refractivity contribution in [2.45, 2.75) is 6.54 Å². The lowest BCUT2D eigenvalue weighted by Gasteiger charge is -2.08. The van der Waals surface area contributed by atoms with E-state index in [0.29, 0.717) is 32.9 Å². The van der Waals surface area contributed by atoms with E-state index in [1.54, 1.807) is 35.4 Å². The molecule has 9 heteroatoms. The third-order valence-corrected chi connectivity index (χ3v) is 4.59. The second kappa shape index (κ2) is 7.48. The Labute approximate surface area is 169 Å². The molecule has 4 rings (SSSR count). The molecule has 29 heavy (non-hydrogen) atoms. The molecule has 0 bridgehead atoms. The number of ether oxygens (including phenoxy) is 1. The summed E-state index contributed by atoms with van der Waals surface area (Å²) in [5, 5.41) is 14.7. The van der Waals surface area contributed by atoms with E-state index >= 15 is 0 Å². The largest absolute Gasteiger partial charge is 0.494 e. The maximum Gasteiger partial charge on any atom is 0.337 e. The highest BCUT2D eigenvalue weighted by Crippen LogP contribution is 2.26. The summed E-state index contributed by atoms with van der Waals surface area (Å²) in [7, 11) is 1.39. The molecule has 2 aromatic heterocycles. The molecule has 0 amide bonds. The Balaban J connectivity index is 1.64. The van der Waals surface area contributed by atoms with Gasteiger partial charge in [-0.1, -0.05) is 11.6 Å². The van der Waals surface area contributed by atoms with Crippen molar-refractivity contribution in [1.29, 1.82) is 0 Å². The Morgan fingerprint density at radius 3 is 2.62 bits per heavy atom. The van der Waals surface area contributed by atoms with Gasteiger partial charge in [-0.25, -0.2) is 19.2 Å². The van der Waals surface area contributed by atoms with Crippen LogP contribution in [0.2, 0.25) is 5.02 Å². The molecular formula is C20H14ClFN4O3. The number of carbonyl (C=O) groups is 1. The maximum absolute atomic E-state index is 13.9. The highest BCUT2D eigenvalue weighted by molar-refractivity contribution is 6.32. The molecule has 0 aliphatic heterocycles. The van der Waals surface area contributed by atoms with Crippen molar-refractivity contribution in [3.8, 4) is 17.1 Å². The number of methoxy groups -OCH3 is 1. The van der Waals surface area contributed by atoms with Crippen molar-refractivity contribution in [2.75, 3.05) is 7.11 Å². The van der Waals surface area contributed by atoms with Gasteiger partial charge >= 0.3 is 5.97 Å². The lowest BCUT2D eigenvalue weighted by Crippen LogP contribution is -2.07. The van der Waals surface area contributed by atoms with Gasteiger partial charge in [0.1, 0.15) is 0 Å². The molecule has 2 aromatic carbocycles. The van der Waals surface area contributed by atoms with Gasteiger partial charge in [-0.05, 0) is 30.3 Å². The first-order valence-electron chi connectivity index (χ1n) is 8.49. The fourth-order valence-electron chi connectivity index (χ4n) is 3.04. The number of aromatic nitrogens is 4. The maximum atomic E-state index is 13.9. The van der Waals surface area contributed by atoms with Crippen LogP contribution in [0.1, 0.15) is 15.9 Å². The molecule has 1 N–H and O–H groups in total. The Morgan fingerprint density at radius 1 is 1.21 bits per heavy atom. The summed E-state index contributed by atoms with van der Waals surface area (Å²) in [6.45, 7) is 0.267.